The molecule has 1 amide bonds. The molecular weight excluding hydrogens is 324 g/mol. The van der Waals surface area contributed by atoms with Crippen molar-refractivity contribution in [3.63, 3.8) is 0 Å². The number of benzene rings is 2. The summed E-state index contributed by atoms with van der Waals surface area (Å²) in [6, 6.07) is 16.1. The minimum absolute atomic E-state index is 0.120. The predicted molar refractivity (Wildman–Crippen MR) is 96.4 cm³/mol. The van der Waals surface area contributed by atoms with E-state index < -0.39 is 10.0 Å². The zero-order valence-corrected chi connectivity index (χ0v) is 14.8. The fourth-order valence-corrected chi connectivity index (χ4v) is 3.01. The second-order valence-electron chi connectivity index (χ2n) is 6.06. The van der Waals surface area contributed by atoms with Crippen molar-refractivity contribution in [2.75, 3.05) is 11.0 Å². The normalized spacial score (nSPS) is 12.7. The molecule has 5 nitrogen and oxygen atoms in total. The average Bonchev–Trinajstić information content (AvgIpc) is 2.51. The lowest BCUT2D eigenvalue weighted by molar-refractivity contribution is 0.0925. The minimum atomic E-state index is -3.38. The maximum Gasteiger partial charge on any atom is 0.251 e. The summed E-state index contributed by atoms with van der Waals surface area (Å²) in [5.41, 5.74) is 1.81. The highest BCUT2D eigenvalue weighted by molar-refractivity contribution is 7.92. The van der Waals surface area contributed by atoms with Gasteiger partial charge in [0.15, 0.2) is 0 Å². The Labute approximate surface area is 143 Å². The van der Waals surface area contributed by atoms with E-state index in [9.17, 15) is 13.2 Å². The molecule has 0 fully saturated rings. The zero-order chi connectivity index (χ0) is 17.7. The highest BCUT2D eigenvalue weighted by Gasteiger charge is 2.19. The monoisotopic (exact) mass is 346 g/mol. The van der Waals surface area contributed by atoms with Gasteiger partial charge < -0.3 is 5.32 Å². The van der Waals surface area contributed by atoms with Crippen molar-refractivity contribution >= 4 is 21.6 Å². The van der Waals surface area contributed by atoms with Gasteiger partial charge in [-0.05, 0) is 29.7 Å². The topological polar surface area (TPSA) is 75.3 Å². The molecule has 24 heavy (non-hydrogen) atoms. The third-order valence-corrected chi connectivity index (χ3v) is 4.15. The van der Waals surface area contributed by atoms with Gasteiger partial charge in [0.05, 0.1) is 12.3 Å². The highest BCUT2D eigenvalue weighted by atomic mass is 32.2. The molecule has 0 saturated carbocycles. The molecule has 0 aromatic heterocycles. The van der Waals surface area contributed by atoms with E-state index in [4.69, 9.17) is 0 Å². The van der Waals surface area contributed by atoms with Crippen molar-refractivity contribution in [1.29, 1.82) is 0 Å². The van der Waals surface area contributed by atoms with Crippen molar-refractivity contribution in [3.05, 3.63) is 65.7 Å². The van der Waals surface area contributed by atoms with Crippen LogP contribution in [0, 0.1) is 5.92 Å². The van der Waals surface area contributed by atoms with Crippen LogP contribution in [-0.4, -0.2) is 20.6 Å². The summed E-state index contributed by atoms with van der Waals surface area (Å²) in [5.74, 6) is -0.0246. The van der Waals surface area contributed by atoms with Gasteiger partial charge in [0.25, 0.3) is 5.91 Å². The summed E-state index contributed by atoms with van der Waals surface area (Å²) in [6.45, 7) is 4.08. The van der Waals surface area contributed by atoms with Gasteiger partial charge in [-0.25, -0.2) is 8.42 Å². The molecule has 0 spiro atoms. The third kappa shape index (κ3) is 5.09. The zero-order valence-electron chi connectivity index (χ0n) is 14.0. The van der Waals surface area contributed by atoms with Crippen LogP contribution in [0.2, 0.25) is 0 Å². The summed E-state index contributed by atoms with van der Waals surface area (Å²) >= 11 is 0. The third-order valence-electron chi connectivity index (χ3n) is 3.54. The first-order valence-corrected chi connectivity index (χ1v) is 9.59. The molecule has 0 saturated heterocycles. The van der Waals surface area contributed by atoms with E-state index >= 15 is 0 Å². The summed E-state index contributed by atoms with van der Waals surface area (Å²) in [5, 5.41) is 3.02. The lowest BCUT2D eigenvalue weighted by Crippen LogP contribution is -2.31. The van der Waals surface area contributed by atoms with Gasteiger partial charge >= 0.3 is 0 Å². The summed E-state index contributed by atoms with van der Waals surface area (Å²) in [6.07, 6.45) is 1.07. The molecular formula is C18H22N2O3S. The van der Waals surface area contributed by atoms with Crippen molar-refractivity contribution in [2.24, 2.45) is 5.92 Å². The molecule has 0 heterocycles. The van der Waals surface area contributed by atoms with Crippen LogP contribution >= 0.6 is 0 Å². The Bertz CT molecular complexity index is 802. The van der Waals surface area contributed by atoms with E-state index in [2.05, 4.69) is 10.0 Å². The molecule has 2 aromatic rings. The van der Waals surface area contributed by atoms with Gasteiger partial charge in [-0.2, -0.15) is 0 Å². The molecule has 1 atom stereocenters. The molecule has 2 rings (SSSR count). The number of hydrogen-bond donors (Lipinski definition) is 2. The largest absolute Gasteiger partial charge is 0.345 e. The SMILES string of the molecule is CC(C)C(NC(=O)c1cccc(NS(C)(=O)=O)c1)c1ccccc1. The lowest BCUT2D eigenvalue weighted by Gasteiger charge is -2.23. The number of nitrogens with one attached hydrogen (secondary N) is 2. The first-order valence-electron chi connectivity index (χ1n) is 7.70. The summed E-state index contributed by atoms with van der Waals surface area (Å²) in [4.78, 5) is 12.6. The van der Waals surface area contributed by atoms with Crippen LogP contribution in [0.3, 0.4) is 0 Å². The van der Waals surface area contributed by atoms with E-state index in [1.165, 1.54) is 6.07 Å². The van der Waals surface area contributed by atoms with Crippen LogP contribution in [0.1, 0.15) is 35.8 Å². The number of rotatable bonds is 6. The maximum absolute atomic E-state index is 12.6. The van der Waals surface area contributed by atoms with E-state index in [0.717, 1.165) is 11.8 Å². The van der Waals surface area contributed by atoms with E-state index in [0.29, 0.717) is 11.3 Å². The van der Waals surface area contributed by atoms with Crippen LogP contribution in [0.25, 0.3) is 0 Å². The first kappa shape index (κ1) is 18.0. The average molecular weight is 346 g/mol. The number of anilines is 1. The van der Waals surface area contributed by atoms with Gasteiger partial charge in [0, 0.05) is 11.3 Å². The first-order chi connectivity index (χ1) is 11.3. The number of hydrogen-bond acceptors (Lipinski definition) is 3. The van der Waals surface area contributed by atoms with Crippen molar-refractivity contribution in [1.82, 2.24) is 5.32 Å². The van der Waals surface area contributed by atoms with Gasteiger partial charge in [0.1, 0.15) is 0 Å². The van der Waals surface area contributed by atoms with E-state index in [1.54, 1.807) is 18.2 Å². The molecule has 0 radical (unpaired) electrons. The van der Waals surface area contributed by atoms with Crippen LogP contribution in [0.4, 0.5) is 5.69 Å². The lowest BCUT2D eigenvalue weighted by atomic mass is 9.95. The van der Waals surface area contributed by atoms with Crippen LogP contribution in [0.15, 0.2) is 54.6 Å². The highest BCUT2D eigenvalue weighted by Crippen LogP contribution is 2.22. The number of sulfonamides is 1. The number of carbonyl (C=O) groups excluding carboxylic acids is 1. The molecule has 0 aliphatic carbocycles. The molecule has 0 aliphatic heterocycles. The van der Waals surface area contributed by atoms with Gasteiger partial charge in [-0.1, -0.05) is 50.2 Å². The van der Waals surface area contributed by atoms with Gasteiger partial charge in [-0.3, -0.25) is 9.52 Å². The smallest absolute Gasteiger partial charge is 0.251 e. The van der Waals surface area contributed by atoms with Crippen molar-refractivity contribution < 1.29 is 13.2 Å². The molecule has 128 valence electrons. The molecule has 0 aliphatic rings. The van der Waals surface area contributed by atoms with Crippen molar-refractivity contribution in [3.8, 4) is 0 Å². The standard InChI is InChI=1S/C18H22N2O3S/c1-13(2)17(14-8-5-4-6-9-14)19-18(21)15-10-7-11-16(12-15)20-24(3,22)23/h4-13,17,20H,1-3H3,(H,19,21). The Morgan fingerprint density at radius 2 is 1.67 bits per heavy atom. The maximum atomic E-state index is 12.6. The fourth-order valence-electron chi connectivity index (χ4n) is 2.46. The number of carbonyl (C=O) groups is 1. The van der Waals surface area contributed by atoms with E-state index in [-0.39, 0.29) is 17.9 Å². The molecule has 0 bridgehead atoms. The minimum Gasteiger partial charge on any atom is -0.345 e. The Balaban J connectivity index is 2.20. The Hall–Kier alpha value is -2.34. The Morgan fingerprint density at radius 3 is 2.25 bits per heavy atom. The summed E-state index contributed by atoms with van der Waals surface area (Å²) < 4.78 is 25.0. The van der Waals surface area contributed by atoms with Crippen molar-refractivity contribution in [2.45, 2.75) is 19.9 Å². The number of amides is 1. The fraction of sp³-hybridized carbons (Fsp3) is 0.278. The quantitative estimate of drug-likeness (QED) is 0.843. The summed E-state index contributed by atoms with van der Waals surface area (Å²) in [7, 11) is -3.38. The predicted octanol–water partition coefficient (Wildman–Crippen LogP) is 3.19. The van der Waals surface area contributed by atoms with E-state index in [1.807, 2.05) is 44.2 Å². The molecule has 2 aromatic carbocycles. The van der Waals surface area contributed by atoms with Crippen LogP contribution in [0.5, 0.6) is 0 Å². The van der Waals surface area contributed by atoms with Gasteiger partial charge in [0.2, 0.25) is 10.0 Å². The second-order valence-corrected chi connectivity index (χ2v) is 7.81. The van der Waals surface area contributed by atoms with Gasteiger partial charge in [-0.15, -0.1) is 0 Å². The molecule has 1 unspecified atom stereocenters. The molecule has 2 N–H and O–H groups in total. The van der Waals surface area contributed by atoms with Crippen LogP contribution in [-0.2, 0) is 10.0 Å². The molecule has 6 heteroatoms. The Kier molecular flexibility index (Phi) is 5.62. The Morgan fingerprint density at radius 1 is 1.00 bits per heavy atom. The van der Waals surface area contributed by atoms with Crippen LogP contribution < -0.4 is 10.0 Å². The second kappa shape index (κ2) is 7.49.